The van der Waals surface area contributed by atoms with E-state index < -0.39 is 0 Å². The average Bonchev–Trinajstić information content (AvgIpc) is 2.63. The number of alkyl halides is 1. The van der Waals surface area contributed by atoms with Crippen molar-refractivity contribution in [3.8, 4) is 0 Å². The highest BCUT2D eigenvalue weighted by Gasteiger charge is 2.47. The van der Waals surface area contributed by atoms with Crippen LogP contribution in [0, 0.1) is 0 Å². The van der Waals surface area contributed by atoms with Gasteiger partial charge in [-0.15, -0.1) is 11.6 Å². The number of anilines is 1. The number of amides is 1. The Morgan fingerprint density at radius 1 is 1.38 bits per heavy atom. The van der Waals surface area contributed by atoms with Gasteiger partial charge < -0.3 is 4.90 Å². The van der Waals surface area contributed by atoms with Crippen LogP contribution in [0.25, 0.3) is 0 Å². The number of benzene rings is 1. The quantitative estimate of drug-likeness (QED) is 0.686. The Bertz CT molecular complexity index is 439. The maximum atomic E-state index is 11.8. The molecule has 3 rings (SSSR count). The zero-order valence-electron chi connectivity index (χ0n) is 9.08. The molecule has 1 amide bonds. The van der Waals surface area contributed by atoms with Crippen molar-refractivity contribution in [2.45, 2.75) is 24.7 Å². The van der Waals surface area contributed by atoms with Crippen molar-refractivity contribution in [3.63, 3.8) is 0 Å². The minimum atomic E-state index is 0.0258. The summed E-state index contributed by atoms with van der Waals surface area (Å²) < 4.78 is 0. The van der Waals surface area contributed by atoms with Gasteiger partial charge in [-0.1, -0.05) is 24.6 Å². The Morgan fingerprint density at radius 3 is 2.75 bits per heavy atom. The second-order valence-corrected chi connectivity index (χ2v) is 5.03. The van der Waals surface area contributed by atoms with Crippen molar-refractivity contribution in [1.29, 1.82) is 0 Å². The van der Waals surface area contributed by atoms with Gasteiger partial charge in [0, 0.05) is 17.6 Å². The van der Waals surface area contributed by atoms with Crippen molar-refractivity contribution in [2.24, 2.45) is 0 Å². The summed E-state index contributed by atoms with van der Waals surface area (Å²) in [5.74, 6) is 0.0996. The van der Waals surface area contributed by atoms with Gasteiger partial charge in [-0.05, 0) is 24.5 Å². The second-order valence-electron chi connectivity index (χ2n) is 4.76. The van der Waals surface area contributed by atoms with E-state index in [9.17, 15) is 4.79 Å². The third-order valence-corrected chi connectivity index (χ3v) is 4.18. The smallest absolute Gasteiger partial charge is 0.241 e. The Morgan fingerprint density at radius 2 is 2.12 bits per heavy atom. The Labute approximate surface area is 100 Å². The first kappa shape index (κ1) is 10.2. The summed E-state index contributed by atoms with van der Waals surface area (Å²) in [5.41, 5.74) is 2.67. The predicted molar refractivity (Wildman–Crippen MR) is 65.0 cm³/mol. The fourth-order valence-electron chi connectivity index (χ4n) is 2.96. The van der Waals surface area contributed by atoms with Crippen molar-refractivity contribution < 1.29 is 4.79 Å². The van der Waals surface area contributed by atoms with Crippen LogP contribution in [0.1, 0.15) is 24.8 Å². The highest BCUT2D eigenvalue weighted by Crippen LogP contribution is 2.52. The lowest BCUT2D eigenvalue weighted by Crippen LogP contribution is -2.41. The van der Waals surface area contributed by atoms with Gasteiger partial charge in [0.25, 0.3) is 0 Å². The van der Waals surface area contributed by atoms with Crippen molar-refractivity contribution >= 4 is 23.2 Å². The summed E-state index contributed by atoms with van der Waals surface area (Å²) in [6.45, 7) is 0.831. The van der Waals surface area contributed by atoms with Crippen LogP contribution >= 0.6 is 11.6 Å². The molecule has 1 spiro atoms. The van der Waals surface area contributed by atoms with E-state index in [1.807, 2.05) is 17.0 Å². The molecule has 3 heteroatoms. The molecule has 0 aromatic heterocycles. The first-order valence-corrected chi connectivity index (χ1v) is 6.26. The fraction of sp³-hybridized carbons (Fsp3) is 0.462. The third-order valence-electron chi connectivity index (χ3n) is 3.95. The van der Waals surface area contributed by atoms with Gasteiger partial charge >= 0.3 is 0 Å². The molecule has 1 aromatic rings. The number of hydrogen-bond acceptors (Lipinski definition) is 1. The minimum Gasteiger partial charge on any atom is -0.310 e. The molecular formula is C13H14ClNO. The van der Waals surface area contributed by atoms with E-state index in [-0.39, 0.29) is 17.2 Å². The van der Waals surface area contributed by atoms with Gasteiger partial charge in [0.2, 0.25) is 5.91 Å². The molecule has 0 unspecified atom stereocenters. The number of carbonyl (C=O) groups is 1. The molecule has 0 atom stereocenters. The summed E-state index contributed by atoms with van der Waals surface area (Å²) in [4.78, 5) is 13.7. The Balaban J connectivity index is 2.05. The maximum Gasteiger partial charge on any atom is 0.241 e. The zero-order valence-corrected chi connectivity index (χ0v) is 9.83. The third kappa shape index (κ3) is 1.23. The van der Waals surface area contributed by atoms with E-state index in [0.717, 1.165) is 12.2 Å². The molecule has 2 nitrogen and oxygen atoms in total. The van der Waals surface area contributed by atoms with E-state index >= 15 is 0 Å². The molecule has 1 aliphatic heterocycles. The monoisotopic (exact) mass is 235 g/mol. The molecule has 84 valence electrons. The molecule has 0 bridgehead atoms. The lowest BCUT2D eigenvalue weighted by molar-refractivity contribution is -0.116. The average molecular weight is 236 g/mol. The lowest BCUT2D eigenvalue weighted by atomic mass is 9.66. The van der Waals surface area contributed by atoms with Crippen LogP contribution in [0.15, 0.2) is 24.3 Å². The van der Waals surface area contributed by atoms with Crippen LogP contribution in [-0.2, 0) is 10.2 Å². The highest BCUT2D eigenvalue weighted by molar-refractivity contribution is 6.29. The zero-order chi connectivity index (χ0) is 11.2. The van der Waals surface area contributed by atoms with Gasteiger partial charge in [-0.3, -0.25) is 4.79 Å². The van der Waals surface area contributed by atoms with Crippen LogP contribution in [0.3, 0.4) is 0 Å². The van der Waals surface area contributed by atoms with Gasteiger partial charge in [0.05, 0.1) is 0 Å². The molecule has 1 aromatic carbocycles. The van der Waals surface area contributed by atoms with Gasteiger partial charge in [-0.25, -0.2) is 0 Å². The summed E-state index contributed by atoms with van der Waals surface area (Å²) in [6, 6.07) is 8.25. The van der Waals surface area contributed by atoms with Crippen LogP contribution in [0.4, 0.5) is 5.69 Å². The van der Waals surface area contributed by atoms with Crippen LogP contribution < -0.4 is 4.90 Å². The second kappa shape index (κ2) is 3.49. The number of rotatable bonds is 1. The molecule has 0 saturated heterocycles. The Kier molecular flexibility index (Phi) is 2.21. The summed E-state index contributed by atoms with van der Waals surface area (Å²) >= 11 is 5.66. The minimum absolute atomic E-state index is 0.0258. The molecule has 1 fully saturated rings. The van der Waals surface area contributed by atoms with Gasteiger partial charge in [0.1, 0.15) is 5.88 Å². The van der Waals surface area contributed by atoms with Crippen LogP contribution in [-0.4, -0.2) is 18.3 Å². The van der Waals surface area contributed by atoms with E-state index in [0.29, 0.717) is 0 Å². The van der Waals surface area contributed by atoms with Crippen molar-refractivity contribution in [3.05, 3.63) is 29.8 Å². The number of para-hydroxylation sites is 1. The summed E-state index contributed by atoms with van der Waals surface area (Å²) in [5, 5.41) is 0. The van der Waals surface area contributed by atoms with Gasteiger partial charge in [0.15, 0.2) is 0 Å². The van der Waals surface area contributed by atoms with Gasteiger partial charge in [-0.2, -0.15) is 0 Å². The van der Waals surface area contributed by atoms with Crippen molar-refractivity contribution in [1.82, 2.24) is 0 Å². The van der Waals surface area contributed by atoms with Crippen molar-refractivity contribution in [2.75, 3.05) is 17.3 Å². The maximum absolute atomic E-state index is 11.8. The van der Waals surface area contributed by atoms with Crippen LogP contribution in [0.5, 0.6) is 0 Å². The first-order valence-electron chi connectivity index (χ1n) is 5.73. The molecular weight excluding hydrogens is 222 g/mol. The standard InChI is InChI=1S/C13H14ClNO/c14-8-12(16)15-9-13(6-3-7-13)10-4-1-2-5-11(10)15/h1-2,4-5H,3,6-9H2. The predicted octanol–water partition coefficient (Wildman–Crippen LogP) is 2.69. The number of fused-ring (bicyclic) bond motifs is 2. The van der Waals surface area contributed by atoms with E-state index in [1.54, 1.807) is 0 Å². The largest absolute Gasteiger partial charge is 0.310 e. The van der Waals surface area contributed by atoms with E-state index in [2.05, 4.69) is 12.1 Å². The fourth-order valence-corrected chi connectivity index (χ4v) is 3.10. The first-order chi connectivity index (χ1) is 7.77. The topological polar surface area (TPSA) is 20.3 Å². The molecule has 1 saturated carbocycles. The molecule has 16 heavy (non-hydrogen) atoms. The van der Waals surface area contributed by atoms with Crippen LogP contribution in [0.2, 0.25) is 0 Å². The SMILES string of the molecule is O=C(CCl)N1CC2(CCC2)c2ccccc21. The normalized spacial score (nSPS) is 20.7. The molecule has 1 heterocycles. The summed E-state index contributed by atoms with van der Waals surface area (Å²) in [7, 11) is 0. The highest BCUT2D eigenvalue weighted by atomic mass is 35.5. The lowest BCUT2D eigenvalue weighted by Gasteiger charge is -2.38. The molecule has 0 radical (unpaired) electrons. The molecule has 1 aliphatic carbocycles. The van der Waals surface area contributed by atoms with E-state index in [4.69, 9.17) is 11.6 Å². The molecule has 2 aliphatic rings. The van der Waals surface area contributed by atoms with E-state index in [1.165, 1.54) is 24.8 Å². The molecule has 0 N–H and O–H groups in total. The number of hydrogen-bond donors (Lipinski definition) is 0. The number of halogens is 1. The Hall–Kier alpha value is -1.02. The summed E-state index contributed by atoms with van der Waals surface area (Å²) in [6.07, 6.45) is 3.68. The number of nitrogens with zero attached hydrogens (tertiary/aromatic N) is 1. The number of carbonyl (C=O) groups excluding carboxylic acids is 1.